The lowest BCUT2D eigenvalue weighted by Crippen LogP contribution is -2.15. The first-order chi connectivity index (χ1) is 28.0. The third kappa shape index (κ3) is 5.25. The van der Waals surface area contributed by atoms with E-state index in [2.05, 4.69) is 219 Å². The van der Waals surface area contributed by atoms with E-state index in [0.29, 0.717) is 0 Å². The summed E-state index contributed by atoms with van der Waals surface area (Å²) in [7, 11) is 0. The van der Waals surface area contributed by atoms with Crippen LogP contribution in [0.4, 0.5) is 17.1 Å². The van der Waals surface area contributed by atoms with E-state index in [4.69, 9.17) is 4.42 Å². The molecule has 11 rings (SSSR count). The van der Waals surface area contributed by atoms with Crippen LogP contribution in [-0.4, -0.2) is 0 Å². The lowest BCUT2D eigenvalue weighted by Gasteiger charge is -2.26. The Morgan fingerprint density at radius 3 is 1.74 bits per heavy atom. The van der Waals surface area contributed by atoms with Crippen LogP contribution < -0.4 is 4.90 Å². The average molecular weight is 730 g/mol. The highest BCUT2D eigenvalue weighted by Gasteiger charge is 2.37. The summed E-state index contributed by atoms with van der Waals surface area (Å²) in [5.74, 6) is 0. The number of hydrogen-bond donors (Lipinski definition) is 0. The van der Waals surface area contributed by atoms with Gasteiger partial charge in [0.2, 0.25) is 0 Å². The number of hydrogen-bond acceptors (Lipinski definition) is 2. The van der Waals surface area contributed by atoms with Crippen LogP contribution >= 0.6 is 0 Å². The van der Waals surface area contributed by atoms with Crippen molar-refractivity contribution in [1.82, 2.24) is 0 Å². The minimum Gasteiger partial charge on any atom is -0.455 e. The van der Waals surface area contributed by atoms with Crippen molar-refractivity contribution >= 4 is 49.8 Å². The van der Waals surface area contributed by atoms with Gasteiger partial charge in [-0.25, -0.2) is 0 Å². The Kier molecular flexibility index (Phi) is 7.55. The van der Waals surface area contributed by atoms with Gasteiger partial charge in [-0.1, -0.05) is 166 Å². The molecule has 1 aromatic heterocycles. The predicted molar refractivity (Wildman–Crippen MR) is 240 cm³/mol. The molecule has 2 heteroatoms. The summed E-state index contributed by atoms with van der Waals surface area (Å²) in [6.45, 7) is 4.75. The molecule has 0 atom stereocenters. The summed E-state index contributed by atoms with van der Waals surface area (Å²) in [5.41, 5.74) is 17.5. The van der Waals surface area contributed by atoms with Crippen LogP contribution in [-0.2, 0) is 5.41 Å². The Morgan fingerprint density at radius 2 is 1.00 bits per heavy atom. The summed E-state index contributed by atoms with van der Waals surface area (Å²) in [6, 6.07) is 72.4. The van der Waals surface area contributed by atoms with Gasteiger partial charge in [-0.05, 0) is 110 Å². The third-order valence-corrected chi connectivity index (χ3v) is 12.1. The van der Waals surface area contributed by atoms with Gasteiger partial charge in [0, 0.05) is 27.6 Å². The molecule has 2 nitrogen and oxygen atoms in total. The number of rotatable bonds is 6. The maximum Gasteiger partial charge on any atom is 0.143 e. The molecule has 0 radical (unpaired) electrons. The van der Waals surface area contributed by atoms with Crippen LogP contribution in [0.5, 0.6) is 0 Å². The fourth-order valence-electron chi connectivity index (χ4n) is 9.30. The number of anilines is 3. The molecule has 0 unspecified atom stereocenters. The van der Waals surface area contributed by atoms with Gasteiger partial charge in [0.15, 0.2) is 0 Å². The lowest BCUT2D eigenvalue weighted by atomic mass is 9.81. The van der Waals surface area contributed by atoms with Crippen molar-refractivity contribution in [1.29, 1.82) is 0 Å². The van der Waals surface area contributed by atoms with E-state index < -0.39 is 0 Å². The van der Waals surface area contributed by atoms with Gasteiger partial charge in [-0.2, -0.15) is 0 Å². The normalized spacial score (nSPS) is 12.9. The number of benzene rings is 9. The minimum atomic E-state index is -0.160. The minimum absolute atomic E-state index is 0.160. The van der Waals surface area contributed by atoms with Gasteiger partial charge >= 0.3 is 0 Å². The van der Waals surface area contributed by atoms with Gasteiger partial charge < -0.3 is 9.32 Å². The van der Waals surface area contributed by atoms with Crippen molar-refractivity contribution in [3.63, 3.8) is 0 Å². The first-order valence-corrected chi connectivity index (χ1v) is 19.8. The topological polar surface area (TPSA) is 16.4 Å². The fraction of sp³-hybridized carbons (Fsp3) is 0.0545. The van der Waals surface area contributed by atoms with Crippen molar-refractivity contribution in [2.75, 3.05) is 4.90 Å². The molecule has 9 aromatic carbocycles. The van der Waals surface area contributed by atoms with E-state index in [1.807, 2.05) is 0 Å². The molecule has 1 aliphatic rings. The summed E-state index contributed by atoms with van der Waals surface area (Å²) >= 11 is 0. The van der Waals surface area contributed by atoms with Crippen LogP contribution in [0.2, 0.25) is 0 Å². The van der Waals surface area contributed by atoms with E-state index in [1.54, 1.807) is 0 Å². The number of fused-ring (bicyclic) bond motifs is 8. The standard InChI is InChI=1S/C55H39NO/c1-55(2)48-25-14-24-43(52(48)45-33-30-39(34-49(45)55)37-18-8-4-9-19-37)46-35-47-53-50(26-15-27-51(53)57-54(47)44-23-13-12-22-42(44)46)56(40-20-10-5-11-21-40)41-31-28-38(29-32-41)36-16-6-3-7-17-36/h3-35H,1-2H3. The van der Waals surface area contributed by atoms with Crippen LogP contribution in [0.1, 0.15) is 25.0 Å². The van der Waals surface area contributed by atoms with Crippen LogP contribution in [0.3, 0.4) is 0 Å². The van der Waals surface area contributed by atoms with Crippen LogP contribution in [0, 0.1) is 0 Å². The number of para-hydroxylation sites is 1. The Morgan fingerprint density at radius 1 is 0.404 bits per heavy atom. The Balaban J connectivity index is 1.15. The molecule has 57 heavy (non-hydrogen) atoms. The van der Waals surface area contributed by atoms with Crippen molar-refractivity contribution in [3.8, 4) is 44.5 Å². The monoisotopic (exact) mass is 729 g/mol. The number of nitrogens with zero attached hydrogens (tertiary/aromatic N) is 1. The SMILES string of the molecule is CC1(C)c2cc(-c3ccccc3)ccc2-c2c(-c3cc4c(oc5cccc(N(c6ccccc6)c6ccc(-c7ccccc7)cc6)c54)c4ccccc34)cccc21. The van der Waals surface area contributed by atoms with Crippen molar-refractivity contribution < 1.29 is 4.42 Å². The quantitative estimate of drug-likeness (QED) is 0.169. The maximum atomic E-state index is 6.91. The van der Waals surface area contributed by atoms with Gasteiger partial charge in [-0.3, -0.25) is 0 Å². The molecule has 0 fully saturated rings. The molecule has 270 valence electrons. The molecule has 0 aliphatic heterocycles. The summed E-state index contributed by atoms with van der Waals surface area (Å²) in [6.07, 6.45) is 0. The molecule has 0 saturated carbocycles. The van der Waals surface area contributed by atoms with Crippen molar-refractivity contribution in [2.45, 2.75) is 19.3 Å². The predicted octanol–water partition coefficient (Wildman–Crippen LogP) is 15.5. The molecule has 0 N–H and O–H groups in total. The van der Waals surface area contributed by atoms with Crippen molar-refractivity contribution in [3.05, 3.63) is 211 Å². The third-order valence-electron chi connectivity index (χ3n) is 12.1. The highest BCUT2D eigenvalue weighted by atomic mass is 16.3. The molecular formula is C55H39NO. The molecule has 0 saturated heterocycles. The van der Waals surface area contributed by atoms with Crippen molar-refractivity contribution in [2.24, 2.45) is 0 Å². The molecule has 1 heterocycles. The Bertz CT molecular complexity index is 3120. The second kappa shape index (κ2) is 13.0. The van der Waals surface area contributed by atoms with E-state index in [9.17, 15) is 0 Å². The zero-order valence-electron chi connectivity index (χ0n) is 31.9. The van der Waals surface area contributed by atoms with Gasteiger partial charge in [0.05, 0.1) is 11.1 Å². The fourth-order valence-corrected chi connectivity index (χ4v) is 9.30. The molecule has 1 aliphatic carbocycles. The lowest BCUT2D eigenvalue weighted by molar-refractivity contribution is 0.660. The first kappa shape index (κ1) is 33.2. The molecule has 0 spiro atoms. The van der Waals surface area contributed by atoms with Crippen LogP contribution in [0.25, 0.3) is 77.2 Å². The van der Waals surface area contributed by atoms with Gasteiger partial charge in [0.1, 0.15) is 11.2 Å². The van der Waals surface area contributed by atoms with Gasteiger partial charge in [-0.15, -0.1) is 0 Å². The summed E-state index contributed by atoms with van der Waals surface area (Å²) in [5, 5.41) is 4.49. The Hall–Kier alpha value is -7.16. The Labute approximate surface area is 332 Å². The molecular weight excluding hydrogens is 691 g/mol. The largest absolute Gasteiger partial charge is 0.455 e. The van der Waals surface area contributed by atoms with Crippen LogP contribution in [0.15, 0.2) is 205 Å². The zero-order valence-corrected chi connectivity index (χ0v) is 31.9. The molecule has 0 amide bonds. The van der Waals surface area contributed by atoms with Gasteiger partial charge in [0.25, 0.3) is 0 Å². The highest BCUT2D eigenvalue weighted by Crippen LogP contribution is 2.54. The smallest absolute Gasteiger partial charge is 0.143 e. The zero-order chi connectivity index (χ0) is 38.1. The molecule has 0 bridgehead atoms. The first-order valence-electron chi connectivity index (χ1n) is 19.8. The molecule has 10 aromatic rings. The second-order valence-corrected chi connectivity index (χ2v) is 15.7. The summed E-state index contributed by atoms with van der Waals surface area (Å²) in [4.78, 5) is 2.37. The number of furan rings is 1. The average Bonchev–Trinajstić information content (AvgIpc) is 3.77. The maximum absolute atomic E-state index is 6.91. The van der Waals surface area contributed by atoms with E-state index in [-0.39, 0.29) is 5.41 Å². The van der Waals surface area contributed by atoms with E-state index in [0.717, 1.165) is 44.4 Å². The second-order valence-electron chi connectivity index (χ2n) is 15.7. The van der Waals surface area contributed by atoms with E-state index in [1.165, 1.54) is 61.0 Å². The highest BCUT2D eigenvalue weighted by molar-refractivity contribution is 6.23. The summed E-state index contributed by atoms with van der Waals surface area (Å²) < 4.78 is 6.91. The van der Waals surface area contributed by atoms with E-state index >= 15 is 0 Å².